The Bertz CT molecular complexity index is 212. The summed E-state index contributed by atoms with van der Waals surface area (Å²) < 4.78 is 0. The maximum atomic E-state index is 11.1. The van der Waals surface area contributed by atoms with Gasteiger partial charge in [-0.05, 0) is 30.1 Å². The van der Waals surface area contributed by atoms with Crippen LogP contribution in [0.5, 0.6) is 0 Å². The molecule has 2 unspecified atom stereocenters. The molecule has 1 fully saturated rings. The molecule has 0 saturated heterocycles. The molecule has 0 amide bonds. The third-order valence-electron chi connectivity index (χ3n) is 4.66. The average molecular weight is 226 g/mol. The van der Waals surface area contributed by atoms with Crippen LogP contribution >= 0.6 is 0 Å². The quantitative estimate of drug-likeness (QED) is 0.756. The Hall–Kier alpha value is -0.0400. The van der Waals surface area contributed by atoms with Crippen molar-refractivity contribution in [3.05, 3.63) is 0 Å². The van der Waals surface area contributed by atoms with Crippen molar-refractivity contribution in [2.75, 3.05) is 0 Å². The normalized spacial score (nSPS) is 32.1. The van der Waals surface area contributed by atoms with Crippen LogP contribution in [0.2, 0.25) is 0 Å². The standard InChI is InChI=1S/C15H30O/c1-6-12(7-2)15(16)11-9-8-10-13(15)14(3,4)5/h12-13,16H,6-11H2,1-5H3. The Morgan fingerprint density at radius 1 is 1.19 bits per heavy atom. The van der Waals surface area contributed by atoms with Gasteiger partial charge in [-0.25, -0.2) is 0 Å². The Morgan fingerprint density at radius 2 is 1.75 bits per heavy atom. The van der Waals surface area contributed by atoms with E-state index in [1.54, 1.807) is 0 Å². The fraction of sp³-hybridized carbons (Fsp3) is 1.00. The highest BCUT2D eigenvalue weighted by Crippen LogP contribution is 2.49. The molecule has 1 saturated carbocycles. The molecule has 1 aliphatic carbocycles. The van der Waals surface area contributed by atoms with Crippen molar-refractivity contribution in [2.45, 2.75) is 78.7 Å². The van der Waals surface area contributed by atoms with E-state index in [2.05, 4.69) is 34.6 Å². The lowest BCUT2D eigenvalue weighted by atomic mass is 9.59. The van der Waals surface area contributed by atoms with Crippen LogP contribution in [0.1, 0.15) is 73.1 Å². The SMILES string of the molecule is CCC(CC)C1(O)CCCCC1C(C)(C)C. The summed E-state index contributed by atoms with van der Waals surface area (Å²) in [6, 6.07) is 0. The Morgan fingerprint density at radius 3 is 2.19 bits per heavy atom. The first-order valence-electron chi connectivity index (χ1n) is 7.08. The minimum Gasteiger partial charge on any atom is -0.389 e. The van der Waals surface area contributed by atoms with Crippen LogP contribution in [0.25, 0.3) is 0 Å². The summed E-state index contributed by atoms with van der Waals surface area (Å²) in [4.78, 5) is 0. The molecule has 16 heavy (non-hydrogen) atoms. The van der Waals surface area contributed by atoms with Gasteiger partial charge in [0.05, 0.1) is 5.60 Å². The summed E-state index contributed by atoms with van der Waals surface area (Å²) in [5.41, 5.74) is -0.169. The van der Waals surface area contributed by atoms with E-state index in [1.807, 2.05) is 0 Å². The largest absolute Gasteiger partial charge is 0.389 e. The maximum Gasteiger partial charge on any atom is 0.0708 e. The summed E-state index contributed by atoms with van der Waals surface area (Å²) >= 11 is 0. The number of aliphatic hydroxyl groups is 1. The maximum absolute atomic E-state index is 11.1. The molecule has 0 spiro atoms. The van der Waals surface area contributed by atoms with Crippen LogP contribution in [0.4, 0.5) is 0 Å². The Kier molecular flexibility index (Phi) is 4.45. The van der Waals surface area contributed by atoms with Crippen LogP contribution in [-0.4, -0.2) is 10.7 Å². The van der Waals surface area contributed by atoms with Crippen molar-refractivity contribution in [3.8, 4) is 0 Å². The Labute approximate surface area is 102 Å². The zero-order valence-electron chi connectivity index (χ0n) is 11.8. The lowest BCUT2D eigenvalue weighted by Crippen LogP contribution is -2.51. The molecule has 2 atom stereocenters. The third kappa shape index (κ3) is 2.61. The summed E-state index contributed by atoms with van der Waals surface area (Å²) in [7, 11) is 0. The van der Waals surface area contributed by atoms with Gasteiger partial charge >= 0.3 is 0 Å². The zero-order chi connectivity index (χ0) is 12.4. The van der Waals surface area contributed by atoms with Gasteiger partial charge in [0.15, 0.2) is 0 Å². The van der Waals surface area contributed by atoms with Gasteiger partial charge in [-0.2, -0.15) is 0 Å². The highest BCUT2D eigenvalue weighted by atomic mass is 16.3. The van der Waals surface area contributed by atoms with Gasteiger partial charge in [0.2, 0.25) is 0 Å². The fourth-order valence-electron chi connectivity index (χ4n) is 3.85. The van der Waals surface area contributed by atoms with E-state index in [-0.39, 0.29) is 5.41 Å². The predicted molar refractivity (Wildman–Crippen MR) is 70.4 cm³/mol. The number of rotatable bonds is 3. The molecule has 1 N–H and O–H groups in total. The molecule has 0 aromatic heterocycles. The van der Waals surface area contributed by atoms with Gasteiger partial charge in [0.1, 0.15) is 0 Å². The van der Waals surface area contributed by atoms with Crippen LogP contribution in [0, 0.1) is 17.3 Å². The second kappa shape index (κ2) is 5.08. The summed E-state index contributed by atoms with van der Waals surface area (Å²) in [6.45, 7) is 11.3. The van der Waals surface area contributed by atoms with Gasteiger partial charge in [-0.1, -0.05) is 60.3 Å². The van der Waals surface area contributed by atoms with E-state index in [9.17, 15) is 5.11 Å². The monoisotopic (exact) mass is 226 g/mol. The highest BCUT2D eigenvalue weighted by molar-refractivity contribution is 4.98. The fourth-order valence-corrected chi connectivity index (χ4v) is 3.85. The van der Waals surface area contributed by atoms with E-state index in [4.69, 9.17) is 0 Å². The first kappa shape index (κ1) is 14.0. The molecular formula is C15H30O. The molecule has 0 aromatic rings. The molecule has 0 heterocycles. The predicted octanol–water partition coefficient (Wildman–Crippen LogP) is 4.39. The van der Waals surface area contributed by atoms with Gasteiger partial charge in [0.25, 0.3) is 0 Å². The third-order valence-corrected chi connectivity index (χ3v) is 4.66. The van der Waals surface area contributed by atoms with Crippen molar-refractivity contribution >= 4 is 0 Å². The van der Waals surface area contributed by atoms with Gasteiger partial charge in [-0.15, -0.1) is 0 Å². The molecular weight excluding hydrogens is 196 g/mol. The molecule has 0 aliphatic heterocycles. The van der Waals surface area contributed by atoms with E-state index in [0.717, 1.165) is 19.3 Å². The van der Waals surface area contributed by atoms with Gasteiger partial charge < -0.3 is 5.11 Å². The van der Waals surface area contributed by atoms with Crippen LogP contribution < -0.4 is 0 Å². The van der Waals surface area contributed by atoms with E-state index >= 15 is 0 Å². The van der Waals surface area contributed by atoms with Crippen molar-refractivity contribution in [1.29, 1.82) is 0 Å². The van der Waals surface area contributed by atoms with E-state index in [1.165, 1.54) is 19.3 Å². The average Bonchev–Trinajstić information content (AvgIpc) is 2.18. The van der Waals surface area contributed by atoms with E-state index < -0.39 is 5.60 Å². The molecule has 0 radical (unpaired) electrons. The summed E-state index contributed by atoms with van der Waals surface area (Å²) in [6.07, 6.45) is 6.95. The van der Waals surface area contributed by atoms with Crippen molar-refractivity contribution < 1.29 is 5.11 Å². The van der Waals surface area contributed by atoms with Crippen molar-refractivity contribution in [2.24, 2.45) is 17.3 Å². The second-order valence-electron chi connectivity index (χ2n) is 6.67. The van der Waals surface area contributed by atoms with Gasteiger partial charge in [0, 0.05) is 0 Å². The smallest absolute Gasteiger partial charge is 0.0708 e. The Balaban J connectivity index is 2.95. The van der Waals surface area contributed by atoms with E-state index in [0.29, 0.717) is 11.8 Å². The van der Waals surface area contributed by atoms with Crippen LogP contribution in [0.3, 0.4) is 0 Å². The number of hydrogen-bond acceptors (Lipinski definition) is 1. The molecule has 0 aromatic carbocycles. The zero-order valence-corrected chi connectivity index (χ0v) is 11.8. The molecule has 1 heteroatoms. The lowest BCUT2D eigenvalue weighted by Gasteiger charge is -2.50. The molecule has 1 nitrogen and oxygen atoms in total. The molecule has 96 valence electrons. The first-order valence-corrected chi connectivity index (χ1v) is 7.08. The number of hydrogen-bond donors (Lipinski definition) is 1. The lowest BCUT2D eigenvalue weighted by molar-refractivity contribution is -0.131. The molecule has 1 rings (SSSR count). The summed E-state index contributed by atoms with van der Waals surface area (Å²) in [5, 5.41) is 11.1. The molecule has 0 bridgehead atoms. The summed E-state index contributed by atoms with van der Waals surface area (Å²) in [5.74, 6) is 0.954. The highest BCUT2D eigenvalue weighted by Gasteiger charge is 2.48. The van der Waals surface area contributed by atoms with Crippen molar-refractivity contribution in [3.63, 3.8) is 0 Å². The minimum absolute atomic E-state index is 0.234. The first-order chi connectivity index (χ1) is 7.36. The van der Waals surface area contributed by atoms with Crippen molar-refractivity contribution in [1.82, 2.24) is 0 Å². The minimum atomic E-state index is -0.403. The van der Waals surface area contributed by atoms with Crippen LogP contribution in [-0.2, 0) is 0 Å². The topological polar surface area (TPSA) is 20.2 Å². The van der Waals surface area contributed by atoms with Gasteiger partial charge in [-0.3, -0.25) is 0 Å². The second-order valence-corrected chi connectivity index (χ2v) is 6.67. The van der Waals surface area contributed by atoms with Crippen LogP contribution in [0.15, 0.2) is 0 Å². The molecule has 1 aliphatic rings.